The average molecular weight is 269 g/mol. The summed E-state index contributed by atoms with van der Waals surface area (Å²) in [5.74, 6) is -0.157. The molecule has 0 unspecified atom stereocenters. The van der Waals surface area contributed by atoms with E-state index in [1.165, 1.54) is 5.56 Å². The van der Waals surface area contributed by atoms with Crippen molar-refractivity contribution in [2.24, 2.45) is 5.73 Å². The molecule has 2 rings (SSSR count). The zero-order chi connectivity index (χ0) is 14.4. The number of aromatic nitrogens is 1. The maximum Gasteiger partial charge on any atom is 0.241 e. The Kier molecular flexibility index (Phi) is 4.85. The summed E-state index contributed by atoms with van der Waals surface area (Å²) in [5, 5.41) is 2.84. The third-order valence-electron chi connectivity index (χ3n) is 3.20. The number of nitrogens with one attached hydrogen (secondary N) is 1. The van der Waals surface area contributed by atoms with E-state index in [0.717, 1.165) is 17.7 Å². The van der Waals surface area contributed by atoms with Gasteiger partial charge in [-0.15, -0.1) is 0 Å². The van der Waals surface area contributed by atoms with E-state index in [-0.39, 0.29) is 5.91 Å². The van der Waals surface area contributed by atoms with Gasteiger partial charge < -0.3 is 11.1 Å². The van der Waals surface area contributed by atoms with Gasteiger partial charge in [0.15, 0.2) is 0 Å². The highest BCUT2D eigenvalue weighted by molar-refractivity contribution is 5.95. The lowest BCUT2D eigenvalue weighted by molar-refractivity contribution is -0.117. The fourth-order valence-electron chi connectivity index (χ4n) is 1.94. The molecule has 104 valence electrons. The largest absolute Gasteiger partial charge is 0.324 e. The highest BCUT2D eigenvalue weighted by Gasteiger charge is 2.14. The number of carbonyl (C=O) groups is 1. The Morgan fingerprint density at radius 1 is 1.30 bits per heavy atom. The predicted octanol–water partition coefficient (Wildman–Crippen LogP) is 2.29. The van der Waals surface area contributed by atoms with Gasteiger partial charge in [-0.25, -0.2) is 0 Å². The summed E-state index contributed by atoms with van der Waals surface area (Å²) in [6.45, 7) is 1.90. The minimum Gasteiger partial charge on any atom is -0.324 e. The summed E-state index contributed by atoms with van der Waals surface area (Å²) in [7, 11) is 0. The highest BCUT2D eigenvalue weighted by atomic mass is 16.2. The van der Waals surface area contributed by atoms with Gasteiger partial charge in [-0.05, 0) is 37.0 Å². The Bertz CT molecular complexity index is 569. The number of nitrogens with two attached hydrogens (primary N) is 1. The molecule has 0 saturated carbocycles. The van der Waals surface area contributed by atoms with Crippen molar-refractivity contribution in [2.45, 2.75) is 25.8 Å². The fourth-order valence-corrected chi connectivity index (χ4v) is 1.94. The standard InChI is InChI=1S/C16H19N3O/c1-12-11-18-10-9-15(12)19-16(20)14(17)8-7-13-5-3-2-4-6-13/h2-6,9-11,14H,7-8,17H2,1H3,(H,18,19,20)/t14-/m0/s1. The number of pyridine rings is 1. The molecular formula is C16H19N3O. The van der Waals surface area contributed by atoms with Crippen molar-refractivity contribution in [2.75, 3.05) is 5.32 Å². The summed E-state index contributed by atoms with van der Waals surface area (Å²) in [6, 6.07) is 11.3. The van der Waals surface area contributed by atoms with Gasteiger partial charge in [0.25, 0.3) is 0 Å². The van der Waals surface area contributed by atoms with E-state index in [1.807, 2.05) is 37.3 Å². The molecule has 3 N–H and O–H groups in total. The van der Waals surface area contributed by atoms with Crippen molar-refractivity contribution in [1.29, 1.82) is 0 Å². The van der Waals surface area contributed by atoms with Gasteiger partial charge in [0.05, 0.1) is 6.04 Å². The molecule has 0 fully saturated rings. The normalized spacial score (nSPS) is 11.9. The van der Waals surface area contributed by atoms with Crippen LogP contribution in [0.15, 0.2) is 48.8 Å². The Morgan fingerprint density at radius 3 is 2.75 bits per heavy atom. The first-order valence-corrected chi connectivity index (χ1v) is 6.68. The zero-order valence-electron chi connectivity index (χ0n) is 11.5. The van der Waals surface area contributed by atoms with Crippen LogP contribution in [0.2, 0.25) is 0 Å². The third-order valence-corrected chi connectivity index (χ3v) is 3.20. The number of rotatable bonds is 5. The Labute approximate surface area is 119 Å². The lowest BCUT2D eigenvalue weighted by Crippen LogP contribution is -2.36. The van der Waals surface area contributed by atoms with Crippen molar-refractivity contribution >= 4 is 11.6 Å². The van der Waals surface area contributed by atoms with E-state index in [2.05, 4.69) is 10.3 Å². The van der Waals surface area contributed by atoms with Crippen LogP contribution in [0.5, 0.6) is 0 Å². The molecule has 4 heteroatoms. The predicted molar refractivity (Wildman–Crippen MR) is 80.3 cm³/mol. The number of carbonyl (C=O) groups excluding carboxylic acids is 1. The first-order valence-electron chi connectivity index (χ1n) is 6.68. The van der Waals surface area contributed by atoms with E-state index in [0.29, 0.717) is 6.42 Å². The summed E-state index contributed by atoms with van der Waals surface area (Å²) in [6.07, 6.45) is 4.79. The maximum atomic E-state index is 12.0. The van der Waals surface area contributed by atoms with Crippen molar-refractivity contribution in [3.05, 3.63) is 59.9 Å². The second kappa shape index (κ2) is 6.82. The molecule has 0 aliphatic rings. The lowest BCUT2D eigenvalue weighted by Gasteiger charge is -2.13. The van der Waals surface area contributed by atoms with Gasteiger partial charge >= 0.3 is 0 Å². The lowest BCUT2D eigenvalue weighted by atomic mass is 10.1. The average Bonchev–Trinajstić information content (AvgIpc) is 2.48. The van der Waals surface area contributed by atoms with Crippen LogP contribution >= 0.6 is 0 Å². The molecular weight excluding hydrogens is 250 g/mol. The van der Waals surface area contributed by atoms with Gasteiger partial charge in [0.1, 0.15) is 0 Å². The first kappa shape index (κ1) is 14.2. The van der Waals surface area contributed by atoms with Crippen molar-refractivity contribution in [3.63, 3.8) is 0 Å². The third kappa shape index (κ3) is 3.90. The molecule has 1 aromatic heterocycles. The number of hydrogen-bond acceptors (Lipinski definition) is 3. The van der Waals surface area contributed by atoms with Crippen molar-refractivity contribution < 1.29 is 4.79 Å². The van der Waals surface area contributed by atoms with Crippen LogP contribution in [-0.2, 0) is 11.2 Å². The van der Waals surface area contributed by atoms with Crippen LogP contribution in [0.25, 0.3) is 0 Å². The first-order chi connectivity index (χ1) is 9.66. The number of benzene rings is 1. The SMILES string of the molecule is Cc1cnccc1NC(=O)[C@@H](N)CCc1ccccc1. The maximum absolute atomic E-state index is 12.0. The molecule has 0 saturated heterocycles. The topological polar surface area (TPSA) is 68.0 Å². The zero-order valence-corrected chi connectivity index (χ0v) is 11.5. The Hall–Kier alpha value is -2.20. The van der Waals surface area contributed by atoms with Crippen LogP contribution in [-0.4, -0.2) is 16.9 Å². The molecule has 0 aliphatic heterocycles. The number of nitrogens with zero attached hydrogens (tertiary/aromatic N) is 1. The second-order valence-electron chi connectivity index (χ2n) is 4.81. The summed E-state index contributed by atoms with van der Waals surface area (Å²) >= 11 is 0. The molecule has 0 spiro atoms. The minimum atomic E-state index is -0.511. The number of anilines is 1. The van der Waals surface area contributed by atoms with Gasteiger partial charge in [0.2, 0.25) is 5.91 Å². The molecule has 1 heterocycles. The number of aryl methyl sites for hydroxylation is 2. The summed E-state index contributed by atoms with van der Waals surface area (Å²) < 4.78 is 0. The fraction of sp³-hybridized carbons (Fsp3) is 0.250. The Balaban J connectivity index is 1.88. The van der Waals surface area contributed by atoms with E-state index in [1.54, 1.807) is 18.5 Å². The van der Waals surface area contributed by atoms with Gasteiger partial charge in [-0.3, -0.25) is 9.78 Å². The summed E-state index contributed by atoms with van der Waals surface area (Å²) in [5.41, 5.74) is 8.82. The highest BCUT2D eigenvalue weighted by Crippen LogP contribution is 2.12. The summed E-state index contributed by atoms with van der Waals surface area (Å²) in [4.78, 5) is 16.0. The molecule has 0 radical (unpaired) electrons. The van der Waals surface area contributed by atoms with Crippen LogP contribution < -0.4 is 11.1 Å². The van der Waals surface area contributed by atoms with Crippen LogP contribution in [0.1, 0.15) is 17.5 Å². The van der Waals surface area contributed by atoms with Gasteiger partial charge in [-0.2, -0.15) is 0 Å². The Morgan fingerprint density at radius 2 is 2.05 bits per heavy atom. The van der Waals surface area contributed by atoms with E-state index in [9.17, 15) is 4.79 Å². The van der Waals surface area contributed by atoms with Crippen LogP contribution in [0, 0.1) is 6.92 Å². The van der Waals surface area contributed by atoms with Gasteiger partial charge in [-0.1, -0.05) is 30.3 Å². The molecule has 4 nitrogen and oxygen atoms in total. The van der Waals surface area contributed by atoms with Crippen LogP contribution in [0.3, 0.4) is 0 Å². The number of amides is 1. The molecule has 1 atom stereocenters. The minimum absolute atomic E-state index is 0.157. The molecule has 20 heavy (non-hydrogen) atoms. The number of hydrogen-bond donors (Lipinski definition) is 2. The molecule has 1 aromatic carbocycles. The molecule has 2 aromatic rings. The van der Waals surface area contributed by atoms with E-state index in [4.69, 9.17) is 5.73 Å². The molecule has 1 amide bonds. The van der Waals surface area contributed by atoms with Crippen LogP contribution in [0.4, 0.5) is 5.69 Å². The monoisotopic (exact) mass is 269 g/mol. The molecule has 0 bridgehead atoms. The van der Waals surface area contributed by atoms with Crippen molar-refractivity contribution in [3.8, 4) is 0 Å². The second-order valence-corrected chi connectivity index (χ2v) is 4.81. The van der Waals surface area contributed by atoms with Gasteiger partial charge in [0, 0.05) is 18.1 Å². The molecule has 0 aliphatic carbocycles. The smallest absolute Gasteiger partial charge is 0.241 e. The van der Waals surface area contributed by atoms with E-state index < -0.39 is 6.04 Å². The quantitative estimate of drug-likeness (QED) is 0.875. The van der Waals surface area contributed by atoms with Crippen molar-refractivity contribution in [1.82, 2.24) is 4.98 Å². The van der Waals surface area contributed by atoms with E-state index >= 15 is 0 Å².